The van der Waals surface area contributed by atoms with Crippen LogP contribution in [0.15, 0.2) is 164 Å². The van der Waals surface area contributed by atoms with Gasteiger partial charge in [0, 0.05) is 16.7 Å². The number of aromatic nitrogens is 3. The number of benzene rings is 8. The summed E-state index contributed by atoms with van der Waals surface area (Å²) in [5.41, 5.74) is 5.17. The average molecular weight is 586 g/mol. The fourth-order valence-corrected chi connectivity index (χ4v) is 6.59. The first kappa shape index (κ1) is 26.2. The minimum absolute atomic E-state index is 0.651. The number of rotatable bonds is 4. The maximum atomic E-state index is 5.20. The summed E-state index contributed by atoms with van der Waals surface area (Å²) in [6, 6.07) is 57.6. The van der Waals surface area contributed by atoms with E-state index in [2.05, 4.69) is 140 Å². The van der Waals surface area contributed by atoms with Gasteiger partial charge in [0.25, 0.3) is 0 Å². The Labute approximate surface area is 266 Å². The molecule has 1 heterocycles. The third-order valence-corrected chi connectivity index (χ3v) is 8.88. The van der Waals surface area contributed by atoms with Crippen molar-refractivity contribution >= 4 is 43.1 Å². The van der Waals surface area contributed by atoms with Gasteiger partial charge in [-0.3, -0.25) is 0 Å². The van der Waals surface area contributed by atoms with Crippen molar-refractivity contribution in [2.75, 3.05) is 0 Å². The van der Waals surface area contributed by atoms with Crippen molar-refractivity contribution in [3.63, 3.8) is 0 Å². The Morgan fingerprint density at radius 1 is 0.261 bits per heavy atom. The number of nitrogens with zero attached hydrogens (tertiary/aromatic N) is 3. The van der Waals surface area contributed by atoms with Crippen LogP contribution in [0, 0.1) is 0 Å². The standard InChI is InChI=1S/C43H27N3/c1-3-11-28(12-4-1)34-25-32-16-8-10-18-36(32)40(27-34)43-45-41(31-14-5-2-6-15-31)44-42(46-43)33-20-19-30-22-23-37-35-17-9-7-13-29(35)21-24-38(37)39(30)26-33/h1-27H. The molecule has 1 aromatic heterocycles. The van der Waals surface area contributed by atoms with Gasteiger partial charge < -0.3 is 0 Å². The van der Waals surface area contributed by atoms with Crippen molar-refractivity contribution in [1.82, 2.24) is 15.0 Å². The molecule has 0 saturated heterocycles. The van der Waals surface area contributed by atoms with Gasteiger partial charge in [0.2, 0.25) is 0 Å². The summed E-state index contributed by atoms with van der Waals surface area (Å²) in [6.45, 7) is 0. The summed E-state index contributed by atoms with van der Waals surface area (Å²) < 4.78 is 0. The highest BCUT2D eigenvalue weighted by Gasteiger charge is 2.16. The molecule has 9 aromatic rings. The lowest BCUT2D eigenvalue weighted by Crippen LogP contribution is -2.01. The Hall–Kier alpha value is -6.19. The molecule has 0 radical (unpaired) electrons. The van der Waals surface area contributed by atoms with Gasteiger partial charge in [-0.25, -0.2) is 15.0 Å². The molecule has 0 aliphatic heterocycles. The maximum Gasteiger partial charge on any atom is 0.164 e. The van der Waals surface area contributed by atoms with Crippen LogP contribution in [0.2, 0.25) is 0 Å². The summed E-state index contributed by atoms with van der Waals surface area (Å²) >= 11 is 0. The molecule has 0 spiro atoms. The minimum Gasteiger partial charge on any atom is -0.208 e. The minimum atomic E-state index is 0.651. The van der Waals surface area contributed by atoms with E-state index in [-0.39, 0.29) is 0 Å². The highest BCUT2D eigenvalue weighted by molar-refractivity contribution is 6.17. The monoisotopic (exact) mass is 585 g/mol. The van der Waals surface area contributed by atoms with Gasteiger partial charge >= 0.3 is 0 Å². The van der Waals surface area contributed by atoms with Crippen molar-refractivity contribution in [3.8, 4) is 45.3 Å². The molecule has 3 heteroatoms. The van der Waals surface area contributed by atoms with E-state index in [1.165, 1.54) is 32.3 Å². The quantitative estimate of drug-likeness (QED) is 0.193. The Kier molecular flexibility index (Phi) is 6.14. The molecule has 214 valence electrons. The third-order valence-electron chi connectivity index (χ3n) is 8.88. The van der Waals surface area contributed by atoms with Crippen LogP contribution in [-0.4, -0.2) is 15.0 Å². The second-order valence-electron chi connectivity index (χ2n) is 11.7. The van der Waals surface area contributed by atoms with E-state index in [0.717, 1.165) is 38.6 Å². The zero-order valence-electron chi connectivity index (χ0n) is 24.9. The van der Waals surface area contributed by atoms with E-state index in [1.807, 2.05) is 24.3 Å². The predicted molar refractivity (Wildman–Crippen MR) is 192 cm³/mol. The van der Waals surface area contributed by atoms with Crippen molar-refractivity contribution < 1.29 is 0 Å². The van der Waals surface area contributed by atoms with Crippen LogP contribution in [-0.2, 0) is 0 Å². The molecular formula is C43H27N3. The fourth-order valence-electron chi connectivity index (χ4n) is 6.59. The van der Waals surface area contributed by atoms with Crippen molar-refractivity contribution in [3.05, 3.63) is 164 Å². The maximum absolute atomic E-state index is 5.20. The largest absolute Gasteiger partial charge is 0.208 e. The van der Waals surface area contributed by atoms with Gasteiger partial charge in [-0.2, -0.15) is 0 Å². The van der Waals surface area contributed by atoms with Crippen LogP contribution in [0.5, 0.6) is 0 Å². The van der Waals surface area contributed by atoms with Gasteiger partial charge in [-0.05, 0) is 72.4 Å². The molecule has 0 atom stereocenters. The molecular weight excluding hydrogens is 558 g/mol. The van der Waals surface area contributed by atoms with Gasteiger partial charge in [-0.1, -0.05) is 146 Å². The molecule has 0 fully saturated rings. The Morgan fingerprint density at radius 2 is 0.804 bits per heavy atom. The SMILES string of the molecule is c1ccc(-c2cc(-c3nc(-c4ccccc4)nc(-c4ccc5ccc6c7ccccc7ccc6c5c4)n3)c3ccccc3c2)cc1. The molecule has 3 nitrogen and oxygen atoms in total. The molecule has 0 bridgehead atoms. The lowest BCUT2D eigenvalue weighted by molar-refractivity contribution is 1.08. The molecule has 8 aromatic carbocycles. The van der Waals surface area contributed by atoms with E-state index in [4.69, 9.17) is 15.0 Å². The second kappa shape index (κ2) is 10.8. The fraction of sp³-hybridized carbons (Fsp3) is 0. The Balaban J connectivity index is 1.30. The zero-order chi connectivity index (χ0) is 30.5. The van der Waals surface area contributed by atoms with Gasteiger partial charge in [0.05, 0.1) is 0 Å². The zero-order valence-corrected chi connectivity index (χ0v) is 24.9. The van der Waals surface area contributed by atoms with Crippen LogP contribution in [0.25, 0.3) is 88.4 Å². The lowest BCUT2D eigenvalue weighted by atomic mass is 9.95. The second-order valence-corrected chi connectivity index (χ2v) is 11.7. The highest BCUT2D eigenvalue weighted by Crippen LogP contribution is 2.36. The first-order valence-corrected chi connectivity index (χ1v) is 15.5. The molecule has 0 N–H and O–H groups in total. The summed E-state index contributed by atoms with van der Waals surface area (Å²) in [6.07, 6.45) is 0. The van der Waals surface area contributed by atoms with Crippen molar-refractivity contribution in [2.45, 2.75) is 0 Å². The number of hydrogen-bond donors (Lipinski definition) is 0. The summed E-state index contributed by atoms with van der Waals surface area (Å²) in [7, 11) is 0. The van der Waals surface area contributed by atoms with E-state index >= 15 is 0 Å². The molecule has 0 unspecified atom stereocenters. The van der Waals surface area contributed by atoms with Crippen LogP contribution < -0.4 is 0 Å². The lowest BCUT2D eigenvalue weighted by Gasteiger charge is -2.13. The van der Waals surface area contributed by atoms with Crippen molar-refractivity contribution in [2.24, 2.45) is 0 Å². The Bertz CT molecular complexity index is 2570. The van der Waals surface area contributed by atoms with Gasteiger partial charge in [0.15, 0.2) is 17.5 Å². The van der Waals surface area contributed by atoms with Crippen LogP contribution in [0.3, 0.4) is 0 Å². The van der Waals surface area contributed by atoms with Gasteiger partial charge in [0.1, 0.15) is 0 Å². The first-order valence-electron chi connectivity index (χ1n) is 15.5. The Morgan fingerprint density at radius 3 is 1.57 bits per heavy atom. The molecule has 9 rings (SSSR count). The van der Waals surface area contributed by atoms with Gasteiger partial charge in [-0.15, -0.1) is 0 Å². The molecule has 0 aliphatic rings. The van der Waals surface area contributed by atoms with Crippen LogP contribution in [0.4, 0.5) is 0 Å². The normalized spacial score (nSPS) is 11.5. The van der Waals surface area contributed by atoms with E-state index in [9.17, 15) is 0 Å². The number of fused-ring (bicyclic) bond motifs is 6. The van der Waals surface area contributed by atoms with E-state index in [1.54, 1.807) is 0 Å². The molecule has 0 amide bonds. The first-order chi connectivity index (χ1) is 22.8. The van der Waals surface area contributed by atoms with Crippen LogP contribution in [0.1, 0.15) is 0 Å². The topological polar surface area (TPSA) is 38.7 Å². The summed E-state index contributed by atoms with van der Waals surface area (Å²) in [4.78, 5) is 15.4. The third kappa shape index (κ3) is 4.49. The number of hydrogen-bond acceptors (Lipinski definition) is 3. The smallest absolute Gasteiger partial charge is 0.164 e. The molecule has 0 aliphatic carbocycles. The highest BCUT2D eigenvalue weighted by atomic mass is 15.0. The van der Waals surface area contributed by atoms with Crippen molar-refractivity contribution in [1.29, 1.82) is 0 Å². The van der Waals surface area contributed by atoms with E-state index in [0.29, 0.717) is 17.5 Å². The molecule has 46 heavy (non-hydrogen) atoms. The van der Waals surface area contributed by atoms with Crippen LogP contribution >= 0.6 is 0 Å². The molecule has 0 saturated carbocycles. The summed E-state index contributed by atoms with van der Waals surface area (Å²) in [5, 5.41) is 9.58. The average Bonchev–Trinajstić information content (AvgIpc) is 3.14. The predicted octanol–water partition coefficient (Wildman–Crippen LogP) is 11.2. The van der Waals surface area contributed by atoms with E-state index < -0.39 is 0 Å². The summed E-state index contributed by atoms with van der Waals surface area (Å²) in [5.74, 6) is 1.96.